The predicted molar refractivity (Wildman–Crippen MR) is 71.8 cm³/mol. The van der Waals surface area contributed by atoms with E-state index in [1.54, 1.807) is 0 Å². The van der Waals surface area contributed by atoms with Crippen LogP contribution in [0.4, 0.5) is 0 Å². The molecule has 1 aliphatic carbocycles. The minimum Gasteiger partial charge on any atom is -0.350 e. The van der Waals surface area contributed by atoms with Gasteiger partial charge in [0.05, 0.1) is 5.69 Å². The third kappa shape index (κ3) is 3.25. The van der Waals surface area contributed by atoms with Gasteiger partial charge in [-0.3, -0.25) is 4.79 Å². The Balaban J connectivity index is 1.92. The molecule has 1 atom stereocenters. The van der Waals surface area contributed by atoms with Gasteiger partial charge in [-0.25, -0.2) is 0 Å². The van der Waals surface area contributed by atoms with Crippen LogP contribution < -0.4 is 5.32 Å². The van der Waals surface area contributed by atoms with Crippen LogP contribution in [0.5, 0.6) is 0 Å². The number of hydrogen-bond acceptors (Lipinski definition) is 4. The van der Waals surface area contributed by atoms with Crippen molar-refractivity contribution in [3.63, 3.8) is 0 Å². The maximum Gasteiger partial charge on any atom is 0.264 e. The van der Waals surface area contributed by atoms with Gasteiger partial charge in [0.1, 0.15) is 4.88 Å². The number of halogens is 1. The highest BCUT2D eigenvalue weighted by molar-refractivity contribution is 9.09. The number of carbonyl (C=O) groups excluding carboxylic acids is 1. The van der Waals surface area contributed by atoms with Crippen LogP contribution in [0.3, 0.4) is 0 Å². The smallest absolute Gasteiger partial charge is 0.264 e. The topological polar surface area (TPSA) is 54.9 Å². The van der Waals surface area contributed by atoms with Gasteiger partial charge in [-0.15, -0.1) is 5.10 Å². The summed E-state index contributed by atoms with van der Waals surface area (Å²) in [6.45, 7) is 4.72. The fourth-order valence-corrected chi connectivity index (χ4v) is 3.05. The molecular formula is C11H16BrN3OS. The zero-order valence-electron chi connectivity index (χ0n) is 9.94. The number of aromatic nitrogens is 2. The van der Waals surface area contributed by atoms with Crippen molar-refractivity contribution in [1.29, 1.82) is 0 Å². The van der Waals surface area contributed by atoms with Crippen LogP contribution in [0, 0.1) is 5.92 Å². The molecule has 0 aromatic carbocycles. The van der Waals surface area contributed by atoms with Gasteiger partial charge in [0, 0.05) is 11.4 Å². The molecule has 6 heteroatoms. The van der Waals surface area contributed by atoms with Gasteiger partial charge >= 0.3 is 0 Å². The van der Waals surface area contributed by atoms with Crippen molar-refractivity contribution in [2.24, 2.45) is 5.92 Å². The van der Waals surface area contributed by atoms with Crippen LogP contribution in [0.2, 0.25) is 0 Å². The lowest BCUT2D eigenvalue weighted by Gasteiger charge is -2.10. The third-order valence-electron chi connectivity index (χ3n) is 2.86. The second kappa shape index (κ2) is 5.44. The Kier molecular flexibility index (Phi) is 4.14. The average molecular weight is 318 g/mol. The molecule has 1 aromatic heterocycles. The van der Waals surface area contributed by atoms with E-state index in [0.717, 1.165) is 11.6 Å². The number of rotatable bonds is 5. The molecule has 1 aliphatic rings. The molecular weight excluding hydrogens is 302 g/mol. The first kappa shape index (κ1) is 13.0. The van der Waals surface area contributed by atoms with Crippen molar-refractivity contribution in [2.75, 3.05) is 6.54 Å². The van der Waals surface area contributed by atoms with Gasteiger partial charge in [0.15, 0.2) is 0 Å². The van der Waals surface area contributed by atoms with E-state index in [1.807, 2.05) is 13.8 Å². The highest BCUT2D eigenvalue weighted by atomic mass is 79.9. The van der Waals surface area contributed by atoms with E-state index in [0.29, 0.717) is 16.2 Å². The summed E-state index contributed by atoms with van der Waals surface area (Å²) in [5.41, 5.74) is 0.796. The first-order valence-electron chi connectivity index (χ1n) is 5.84. The molecule has 1 fully saturated rings. The second-order valence-electron chi connectivity index (χ2n) is 4.71. The Hall–Kier alpha value is -0.490. The van der Waals surface area contributed by atoms with Crippen LogP contribution in [0.1, 0.15) is 48.0 Å². The number of carbonyl (C=O) groups is 1. The molecule has 0 bridgehead atoms. The molecule has 1 heterocycles. The standard InChI is InChI=1S/C11H16BrN3OS/c1-6(2)9-10(17-15-14-9)11(16)13-5-8(12)7-3-4-7/h6-8H,3-5H2,1-2H3,(H,13,16). The lowest BCUT2D eigenvalue weighted by molar-refractivity contribution is 0.0956. The number of hydrogen-bond donors (Lipinski definition) is 1. The maximum absolute atomic E-state index is 12.0. The fraction of sp³-hybridized carbons (Fsp3) is 0.727. The molecule has 0 saturated heterocycles. The quantitative estimate of drug-likeness (QED) is 0.849. The summed E-state index contributed by atoms with van der Waals surface area (Å²) in [6, 6.07) is 0. The van der Waals surface area contributed by atoms with Gasteiger partial charge in [0.2, 0.25) is 0 Å². The molecule has 2 rings (SSSR count). The molecule has 0 spiro atoms. The van der Waals surface area contributed by atoms with Crippen LogP contribution in [0.25, 0.3) is 0 Å². The summed E-state index contributed by atoms with van der Waals surface area (Å²) in [7, 11) is 0. The largest absolute Gasteiger partial charge is 0.350 e. The normalized spacial score (nSPS) is 17.2. The van der Waals surface area contributed by atoms with Gasteiger partial charge in [-0.05, 0) is 36.2 Å². The van der Waals surface area contributed by atoms with E-state index in [1.165, 1.54) is 24.4 Å². The van der Waals surface area contributed by atoms with E-state index in [-0.39, 0.29) is 11.8 Å². The molecule has 4 nitrogen and oxygen atoms in total. The van der Waals surface area contributed by atoms with E-state index in [4.69, 9.17) is 0 Å². The summed E-state index contributed by atoms with van der Waals surface area (Å²) in [6.07, 6.45) is 2.54. The SMILES string of the molecule is CC(C)c1nnsc1C(=O)NCC(Br)C1CC1. The van der Waals surface area contributed by atoms with Crippen molar-refractivity contribution in [1.82, 2.24) is 14.9 Å². The number of amides is 1. The summed E-state index contributed by atoms with van der Waals surface area (Å²) in [5, 5.41) is 6.95. The third-order valence-corrected chi connectivity index (χ3v) is 4.67. The van der Waals surface area contributed by atoms with Gasteiger partial charge in [0.25, 0.3) is 5.91 Å². The summed E-state index contributed by atoms with van der Waals surface area (Å²) >= 11 is 4.77. The highest BCUT2D eigenvalue weighted by Crippen LogP contribution is 2.36. The summed E-state index contributed by atoms with van der Waals surface area (Å²) < 4.78 is 3.86. The molecule has 1 amide bonds. The van der Waals surface area contributed by atoms with Crippen molar-refractivity contribution < 1.29 is 4.79 Å². The van der Waals surface area contributed by atoms with Crippen LogP contribution in [0.15, 0.2) is 0 Å². The van der Waals surface area contributed by atoms with Crippen molar-refractivity contribution in [2.45, 2.75) is 37.4 Å². The molecule has 1 saturated carbocycles. The van der Waals surface area contributed by atoms with Crippen molar-refractivity contribution in [3.05, 3.63) is 10.6 Å². The second-order valence-corrected chi connectivity index (χ2v) is 6.64. The van der Waals surface area contributed by atoms with Crippen LogP contribution in [-0.4, -0.2) is 26.9 Å². The molecule has 1 N–H and O–H groups in total. The zero-order valence-corrected chi connectivity index (χ0v) is 12.3. The lowest BCUT2D eigenvalue weighted by atomic mass is 10.1. The van der Waals surface area contributed by atoms with E-state index in [9.17, 15) is 4.79 Å². The lowest BCUT2D eigenvalue weighted by Crippen LogP contribution is -2.30. The van der Waals surface area contributed by atoms with Crippen LogP contribution in [-0.2, 0) is 0 Å². The van der Waals surface area contributed by atoms with E-state index >= 15 is 0 Å². The van der Waals surface area contributed by atoms with Crippen molar-refractivity contribution >= 4 is 33.4 Å². The monoisotopic (exact) mass is 317 g/mol. The molecule has 17 heavy (non-hydrogen) atoms. The molecule has 0 radical (unpaired) electrons. The Morgan fingerprint density at radius 2 is 2.29 bits per heavy atom. The highest BCUT2D eigenvalue weighted by Gasteiger charge is 2.29. The Bertz CT molecular complexity index is 403. The predicted octanol–water partition coefficient (Wildman–Crippen LogP) is 2.56. The number of nitrogens with one attached hydrogen (secondary N) is 1. The minimum absolute atomic E-state index is 0.0474. The zero-order chi connectivity index (χ0) is 12.4. The van der Waals surface area contributed by atoms with E-state index < -0.39 is 0 Å². The van der Waals surface area contributed by atoms with Gasteiger partial charge < -0.3 is 5.32 Å². The van der Waals surface area contributed by atoms with E-state index in [2.05, 4.69) is 30.8 Å². The first-order chi connectivity index (χ1) is 8.09. The molecule has 94 valence electrons. The number of nitrogens with zero attached hydrogens (tertiary/aromatic N) is 2. The fourth-order valence-electron chi connectivity index (χ4n) is 1.63. The molecule has 0 aliphatic heterocycles. The summed E-state index contributed by atoms with van der Waals surface area (Å²) in [4.78, 5) is 13.0. The molecule has 1 aromatic rings. The van der Waals surface area contributed by atoms with Crippen LogP contribution >= 0.6 is 27.5 Å². The average Bonchev–Trinajstić information content (AvgIpc) is 3.02. The first-order valence-corrected chi connectivity index (χ1v) is 7.53. The van der Waals surface area contributed by atoms with Crippen molar-refractivity contribution in [3.8, 4) is 0 Å². The van der Waals surface area contributed by atoms with Gasteiger partial charge in [-0.2, -0.15) is 0 Å². The number of alkyl halides is 1. The Morgan fingerprint density at radius 3 is 2.88 bits per heavy atom. The van der Waals surface area contributed by atoms with Gasteiger partial charge in [-0.1, -0.05) is 34.3 Å². The summed E-state index contributed by atoms with van der Waals surface area (Å²) in [5.74, 6) is 0.922. The Labute approximate surface area is 113 Å². The maximum atomic E-state index is 12.0. The molecule has 1 unspecified atom stereocenters. The minimum atomic E-state index is -0.0474. The Morgan fingerprint density at radius 1 is 1.59 bits per heavy atom.